The van der Waals surface area contributed by atoms with E-state index in [0.717, 1.165) is 21.8 Å². The van der Waals surface area contributed by atoms with Gasteiger partial charge in [-0.15, -0.1) is 11.3 Å². The number of hydrogen-bond donors (Lipinski definition) is 1. The Balaban J connectivity index is 1.56. The van der Waals surface area contributed by atoms with Crippen LogP contribution in [0.4, 0.5) is 5.69 Å². The second-order valence-corrected chi connectivity index (χ2v) is 6.79. The molecule has 0 spiro atoms. The van der Waals surface area contributed by atoms with Crippen LogP contribution >= 0.6 is 11.3 Å². The summed E-state index contributed by atoms with van der Waals surface area (Å²) < 4.78 is 1.19. The summed E-state index contributed by atoms with van der Waals surface area (Å²) in [6.07, 6.45) is 3.21. The molecule has 0 unspecified atom stereocenters. The summed E-state index contributed by atoms with van der Waals surface area (Å²) in [5, 5.41) is 3.87. The number of fused-ring (bicyclic) bond motifs is 1. The van der Waals surface area contributed by atoms with E-state index in [1.807, 2.05) is 30.3 Å². The Kier molecular flexibility index (Phi) is 3.99. The highest BCUT2D eigenvalue weighted by Crippen LogP contribution is 2.31. The van der Waals surface area contributed by atoms with E-state index in [1.54, 1.807) is 35.9 Å². The van der Waals surface area contributed by atoms with Crippen LogP contribution in [0.3, 0.4) is 0 Å². The van der Waals surface area contributed by atoms with E-state index in [-0.39, 0.29) is 5.91 Å². The van der Waals surface area contributed by atoms with Crippen molar-refractivity contribution in [3.63, 3.8) is 0 Å². The van der Waals surface area contributed by atoms with Gasteiger partial charge in [0.05, 0.1) is 10.2 Å². The topological polar surface area (TPSA) is 54.9 Å². The number of nitrogens with zero attached hydrogens (tertiary/aromatic N) is 2. The van der Waals surface area contributed by atoms with Crippen molar-refractivity contribution >= 4 is 33.1 Å². The van der Waals surface area contributed by atoms with Crippen LogP contribution in [-0.4, -0.2) is 15.9 Å². The van der Waals surface area contributed by atoms with Gasteiger partial charge in [-0.2, -0.15) is 0 Å². The second kappa shape index (κ2) is 6.45. The van der Waals surface area contributed by atoms with Gasteiger partial charge in [0.1, 0.15) is 5.01 Å². The summed E-state index contributed by atoms with van der Waals surface area (Å²) in [7, 11) is 0. The first-order chi connectivity index (χ1) is 12.2. The van der Waals surface area contributed by atoms with Crippen molar-refractivity contribution in [2.45, 2.75) is 6.92 Å². The van der Waals surface area contributed by atoms with Gasteiger partial charge in [0, 0.05) is 29.2 Å². The fourth-order valence-corrected chi connectivity index (χ4v) is 3.63. The van der Waals surface area contributed by atoms with Gasteiger partial charge in [-0.25, -0.2) is 4.98 Å². The first-order valence-electron chi connectivity index (χ1n) is 7.88. The number of amides is 1. The van der Waals surface area contributed by atoms with Gasteiger partial charge in [0.2, 0.25) is 0 Å². The number of carbonyl (C=O) groups excluding carboxylic acids is 1. The van der Waals surface area contributed by atoms with Gasteiger partial charge >= 0.3 is 0 Å². The van der Waals surface area contributed by atoms with Crippen molar-refractivity contribution in [3.05, 3.63) is 78.1 Å². The van der Waals surface area contributed by atoms with Crippen LogP contribution in [0.15, 0.2) is 67.0 Å². The van der Waals surface area contributed by atoms with Crippen LogP contribution in [0.5, 0.6) is 0 Å². The van der Waals surface area contributed by atoms with Crippen molar-refractivity contribution in [1.29, 1.82) is 0 Å². The highest BCUT2D eigenvalue weighted by molar-refractivity contribution is 7.21. The van der Waals surface area contributed by atoms with Gasteiger partial charge in [-0.05, 0) is 61.0 Å². The van der Waals surface area contributed by atoms with E-state index in [2.05, 4.69) is 34.3 Å². The Bertz CT molecular complexity index is 1040. The van der Waals surface area contributed by atoms with Crippen LogP contribution in [0.25, 0.3) is 20.8 Å². The van der Waals surface area contributed by atoms with Crippen LogP contribution < -0.4 is 5.32 Å². The monoisotopic (exact) mass is 345 g/mol. The summed E-state index contributed by atoms with van der Waals surface area (Å²) in [6, 6.07) is 17.4. The molecule has 4 aromatic rings. The van der Waals surface area contributed by atoms with E-state index in [9.17, 15) is 4.79 Å². The molecule has 0 fully saturated rings. The molecule has 0 radical (unpaired) electrons. The Morgan fingerprint density at radius 1 is 1.00 bits per heavy atom. The van der Waals surface area contributed by atoms with Gasteiger partial charge < -0.3 is 5.32 Å². The first-order valence-corrected chi connectivity index (χ1v) is 8.70. The fourth-order valence-electron chi connectivity index (χ4n) is 2.56. The van der Waals surface area contributed by atoms with E-state index in [1.165, 1.54) is 10.3 Å². The van der Waals surface area contributed by atoms with E-state index in [4.69, 9.17) is 0 Å². The number of pyridine rings is 1. The molecule has 5 heteroatoms. The quantitative estimate of drug-likeness (QED) is 0.573. The molecule has 0 aliphatic carbocycles. The fraction of sp³-hybridized carbons (Fsp3) is 0.0500. The number of aromatic nitrogens is 2. The molecular formula is C20H15N3OS. The average Bonchev–Trinajstić information content (AvgIpc) is 3.06. The van der Waals surface area contributed by atoms with E-state index >= 15 is 0 Å². The number of nitrogens with one attached hydrogen (secondary N) is 1. The minimum Gasteiger partial charge on any atom is -0.322 e. The van der Waals surface area contributed by atoms with Gasteiger partial charge in [-0.3, -0.25) is 9.78 Å². The molecule has 25 heavy (non-hydrogen) atoms. The Labute approximate surface area is 149 Å². The number of carbonyl (C=O) groups is 1. The molecule has 0 aliphatic heterocycles. The maximum absolute atomic E-state index is 12.2. The molecular weight excluding hydrogens is 330 g/mol. The van der Waals surface area contributed by atoms with Crippen molar-refractivity contribution < 1.29 is 4.79 Å². The molecule has 1 N–H and O–H groups in total. The lowest BCUT2D eigenvalue weighted by Crippen LogP contribution is -2.11. The largest absolute Gasteiger partial charge is 0.322 e. The average molecular weight is 345 g/mol. The Morgan fingerprint density at radius 3 is 2.52 bits per heavy atom. The van der Waals surface area contributed by atoms with Crippen molar-refractivity contribution in [3.8, 4) is 10.6 Å². The molecule has 4 nitrogen and oxygen atoms in total. The first kappa shape index (κ1) is 15.5. The summed E-state index contributed by atoms with van der Waals surface area (Å²) in [4.78, 5) is 20.8. The highest BCUT2D eigenvalue weighted by atomic mass is 32.1. The molecule has 0 saturated heterocycles. The molecule has 4 rings (SSSR count). The summed E-state index contributed by atoms with van der Waals surface area (Å²) in [6.45, 7) is 2.08. The van der Waals surface area contributed by atoms with Crippen LogP contribution in [0.1, 0.15) is 15.9 Å². The van der Waals surface area contributed by atoms with Crippen molar-refractivity contribution in [1.82, 2.24) is 9.97 Å². The molecule has 2 aromatic heterocycles. The lowest BCUT2D eigenvalue weighted by atomic mass is 10.2. The third-order valence-electron chi connectivity index (χ3n) is 3.88. The summed E-state index contributed by atoms with van der Waals surface area (Å²) >= 11 is 1.68. The lowest BCUT2D eigenvalue weighted by Gasteiger charge is -2.05. The predicted octanol–water partition coefficient (Wildman–Crippen LogP) is 4.92. The molecule has 0 aliphatic rings. The Morgan fingerprint density at radius 2 is 1.76 bits per heavy atom. The smallest absolute Gasteiger partial charge is 0.255 e. The van der Waals surface area contributed by atoms with E-state index < -0.39 is 0 Å². The Hall–Kier alpha value is -3.05. The number of rotatable bonds is 3. The highest BCUT2D eigenvalue weighted by Gasteiger charge is 2.08. The number of thiazole rings is 1. The summed E-state index contributed by atoms with van der Waals surface area (Å²) in [5.41, 5.74) is 4.63. The number of benzene rings is 2. The van der Waals surface area contributed by atoms with E-state index in [0.29, 0.717) is 5.56 Å². The minimum atomic E-state index is -0.148. The second-order valence-electron chi connectivity index (χ2n) is 5.76. The molecule has 1 amide bonds. The molecule has 2 aromatic carbocycles. The SMILES string of the molecule is Cc1ccc2nc(-c3ccc(NC(=O)c4ccncc4)cc3)sc2c1. The third kappa shape index (κ3) is 3.27. The molecule has 2 heterocycles. The normalized spacial score (nSPS) is 10.8. The summed E-state index contributed by atoms with van der Waals surface area (Å²) in [5.74, 6) is -0.148. The molecule has 0 bridgehead atoms. The van der Waals surface area contributed by atoms with Gasteiger partial charge in [0.25, 0.3) is 5.91 Å². The van der Waals surface area contributed by atoms with Gasteiger partial charge in [0.15, 0.2) is 0 Å². The van der Waals surface area contributed by atoms with Crippen LogP contribution in [-0.2, 0) is 0 Å². The number of hydrogen-bond acceptors (Lipinski definition) is 4. The maximum Gasteiger partial charge on any atom is 0.255 e. The zero-order valence-electron chi connectivity index (χ0n) is 13.6. The zero-order valence-corrected chi connectivity index (χ0v) is 14.4. The van der Waals surface area contributed by atoms with Crippen LogP contribution in [0, 0.1) is 6.92 Å². The molecule has 122 valence electrons. The zero-order chi connectivity index (χ0) is 17.2. The predicted molar refractivity (Wildman–Crippen MR) is 102 cm³/mol. The lowest BCUT2D eigenvalue weighted by molar-refractivity contribution is 0.102. The van der Waals surface area contributed by atoms with Gasteiger partial charge in [-0.1, -0.05) is 6.07 Å². The van der Waals surface area contributed by atoms with Crippen LogP contribution in [0.2, 0.25) is 0 Å². The molecule has 0 saturated carbocycles. The standard InChI is InChI=1S/C20H15N3OS/c1-13-2-7-17-18(12-13)25-20(23-17)15-3-5-16(6-4-15)22-19(24)14-8-10-21-11-9-14/h2-12H,1H3,(H,22,24). The van der Waals surface area contributed by atoms with Crippen molar-refractivity contribution in [2.75, 3.05) is 5.32 Å². The molecule has 0 atom stereocenters. The maximum atomic E-state index is 12.2. The minimum absolute atomic E-state index is 0.148. The number of anilines is 1. The number of aryl methyl sites for hydroxylation is 1. The third-order valence-corrected chi connectivity index (χ3v) is 4.94. The van der Waals surface area contributed by atoms with Crippen molar-refractivity contribution in [2.24, 2.45) is 0 Å².